The standard InChI is InChI=1S/C12H8F6N2O2S/c13-11(14,15)4-9(21)20-10-19-7-2-1-6(3-8(7)23-10)22-5-12(16,17)18/h1-3H,4-5H2,(H,19,20,21). The van der Waals surface area contributed by atoms with Gasteiger partial charge in [-0.3, -0.25) is 4.79 Å². The lowest BCUT2D eigenvalue weighted by Crippen LogP contribution is -2.20. The Morgan fingerprint density at radius 3 is 2.48 bits per heavy atom. The number of benzene rings is 1. The highest BCUT2D eigenvalue weighted by atomic mass is 32.1. The Kier molecular flexibility index (Phi) is 4.68. The Balaban J connectivity index is 2.08. The Morgan fingerprint density at radius 2 is 1.87 bits per heavy atom. The maximum atomic E-state index is 12.1. The number of hydrogen-bond acceptors (Lipinski definition) is 4. The van der Waals surface area contributed by atoms with Crippen molar-refractivity contribution in [3.05, 3.63) is 18.2 Å². The number of amides is 1. The van der Waals surface area contributed by atoms with Gasteiger partial charge >= 0.3 is 12.4 Å². The van der Waals surface area contributed by atoms with E-state index in [0.717, 1.165) is 11.3 Å². The van der Waals surface area contributed by atoms with Crippen molar-refractivity contribution in [3.63, 3.8) is 0 Å². The second kappa shape index (κ2) is 6.22. The van der Waals surface area contributed by atoms with Crippen LogP contribution in [0, 0.1) is 0 Å². The molecule has 0 aliphatic rings. The minimum absolute atomic E-state index is 0.0633. The van der Waals surface area contributed by atoms with Crippen molar-refractivity contribution in [1.82, 2.24) is 4.98 Å². The van der Waals surface area contributed by atoms with Gasteiger partial charge in [0.2, 0.25) is 5.91 Å². The molecule has 0 saturated heterocycles. The predicted octanol–water partition coefficient (Wildman–Crippen LogP) is 4.13. The highest BCUT2D eigenvalue weighted by Gasteiger charge is 2.31. The maximum absolute atomic E-state index is 12.1. The molecule has 2 aromatic rings. The Labute approximate surface area is 129 Å². The first kappa shape index (κ1) is 17.3. The van der Waals surface area contributed by atoms with Crippen molar-refractivity contribution < 1.29 is 35.9 Å². The quantitative estimate of drug-likeness (QED) is 0.837. The number of halogens is 6. The molecule has 0 spiro atoms. The summed E-state index contributed by atoms with van der Waals surface area (Å²) in [6.07, 6.45) is -10.8. The molecule has 0 unspecified atom stereocenters. The monoisotopic (exact) mass is 358 g/mol. The van der Waals surface area contributed by atoms with Crippen molar-refractivity contribution >= 4 is 32.6 Å². The number of ether oxygens (including phenoxy) is 1. The zero-order chi connectivity index (χ0) is 17.3. The van der Waals surface area contributed by atoms with E-state index in [0.29, 0.717) is 10.2 Å². The lowest BCUT2D eigenvalue weighted by Gasteiger charge is -2.08. The summed E-state index contributed by atoms with van der Waals surface area (Å²) >= 11 is 0.827. The van der Waals surface area contributed by atoms with E-state index in [1.807, 2.05) is 5.32 Å². The number of nitrogens with one attached hydrogen (secondary N) is 1. The molecule has 0 radical (unpaired) electrons. The van der Waals surface area contributed by atoms with Crippen LogP contribution in [0.25, 0.3) is 10.2 Å². The zero-order valence-electron chi connectivity index (χ0n) is 11.1. The highest BCUT2D eigenvalue weighted by molar-refractivity contribution is 7.22. The van der Waals surface area contributed by atoms with Gasteiger partial charge in [-0.05, 0) is 18.2 Å². The van der Waals surface area contributed by atoms with Crippen molar-refractivity contribution in [1.29, 1.82) is 0 Å². The summed E-state index contributed by atoms with van der Waals surface area (Å²) in [4.78, 5) is 15.0. The van der Waals surface area contributed by atoms with Gasteiger partial charge in [-0.15, -0.1) is 0 Å². The Morgan fingerprint density at radius 1 is 1.17 bits per heavy atom. The van der Waals surface area contributed by atoms with Crippen molar-refractivity contribution in [2.24, 2.45) is 0 Å². The van der Waals surface area contributed by atoms with Gasteiger partial charge in [0.05, 0.1) is 10.2 Å². The summed E-state index contributed by atoms with van der Waals surface area (Å²) in [6.45, 7) is -1.47. The molecule has 1 aromatic carbocycles. The second-order valence-corrected chi connectivity index (χ2v) is 5.42. The van der Waals surface area contributed by atoms with Gasteiger partial charge in [-0.1, -0.05) is 11.3 Å². The smallest absolute Gasteiger partial charge is 0.422 e. The fourth-order valence-electron chi connectivity index (χ4n) is 1.56. The number of fused-ring (bicyclic) bond motifs is 1. The van der Waals surface area contributed by atoms with Gasteiger partial charge < -0.3 is 10.1 Å². The molecular formula is C12H8F6N2O2S. The molecule has 1 aromatic heterocycles. The SMILES string of the molecule is O=C(CC(F)(F)F)Nc1nc2ccc(OCC(F)(F)F)cc2s1. The molecule has 0 aliphatic heterocycles. The molecule has 1 heterocycles. The topological polar surface area (TPSA) is 51.2 Å². The summed E-state index contributed by atoms with van der Waals surface area (Å²) < 4.78 is 77.3. The number of nitrogens with zero attached hydrogens (tertiary/aromatic N) is 1. The molecule has 0 aliphatic carbocycles. The number of anilines is 1. The van der Waals surface area contributed by atoms with E-state index in [-0.39, 0.29) is 10.9 Å². The molecular weight excluding hydrogens is 350 g/mol. The third-order valence-corrected chi connectivity index (χ3v) is 3.30. The van der Waals surface area contributed by atoms with E-state index in [4.69, 9.17) is 0 Å². The summed E-state index contributed by atoms with van der Waals surface area (Å²) in [6, 6.07) is 3.85. The number of aromatic nitrogens is 1. The van der Waals surface area contributed by atoms with E-state index in [1.54, 1.807) is 0 Å². The van der Waals surface area contributed by atoms with Gasteiger partial charge in [0.25, 0.3) is 0 Å². The maximum Gasteiger partial charge on any atom is 0.422 e. The lowest BCUT2D eigenvalue weighted by molar-refractivity contribution is -0.153. The fourth-order valence-corrected chi connectivity index (χ4v) is 2.47. The number of thiazole rings is 1. The normalized spacial score (nSPS) is 12.4. The van der Waals surface area contributed by atoms with E-state index < -0.39 is 31.3 Å². The molecule has 23 heavy (non-hydrogen) atoms. The zero-order valence-corrected chi connectivity index (χ0v) is 11.9. The van der Waals surface area contributed by atoms with Gasteiger partial charge in [0, 0.05) is 0 Å². The van der Waals surface area contributed by atoms with Crippen LogP contribution >= 0.6 is 11.3 Å². The minimum atomic E-state index is -4.64. The van der Waals surface area contributed by atoms with E-state index in [2.05, 4.69) is 9.72 Å². The van der Waals surface area contributed by atoms with Crippen LogP contribution in [0.5, 0.6) is 5.75 Å². The summed E-state index contributed by atoms with van der Waals surface area (Å²) in [7, 11) is 0. The van der Waals surface area contributed by atoms with Crippen LogP contribution in [-0.2, 0) is 4.79 Å². The van der Waals surface area contributed by atoms with E-state index in [1.165, 1.54) is 18.2 Å². The number of hydrogen-bond donors (Lipinski definition) is 1. The molecule has 4 nitrogen and oxygen atoms in total. The van der Waals surface area contributed by atoms with Gasteiger partial charge in [-0.2, -0.15) is 26.3 Å². The molecule has 0 bridgehead atoms. The predicted molar refractivity (Wildman–Crippen MR) is 70.5 cm³/mol. The van der Waals surface area contributed by atoms with Gasteiger partial charge in [0.1, 0.15) is 12.2 Å². The van der Waals surface area contributed by atoms with Crippen LogP contribution < -0.4 is 10.1 Å². The third-order valence-electron chi connectivity index (χ3n) is 2.37. The van der Waals surface area contributed by atoms with E-state index in [9.17, 15) is 31.1 Å². The van der Waals surface area contributed by atoms with Crippen molar-refractivity contribution in [2.45, 2.75) is 18.8 Å². The molecule has 0 fully saturated rings. The van der Waals surface area contributed by atoms with Gasteiger partial charge in [0.15, 0.2) is 11.7 Å². The number of carbonyl (C=O) groups excluding carboxylic acids is 1. The fraction of sp³-hybridized carbons (Fsp3) is 0.333. The molecule has 11 heteroatoms. The summed E-state index contributed by atoms with van der Waals surface area (Å²) in [5, 5.41) is 1.91. The average molecular weight is 358 g/mol. The summed E-state index contributed by atoms with van der Waals surface area (Å²) in [5.74, 6) is -1.34. The number of alkyl halides is 6. The van der Waals surface area contributed by atoms with E-state index >= 15 is 0 Å². The first-order chi connectivity index (χ1) is 10.5. The van der Waals surface area contributed by atoms with Crippen molar-refractivity contribution in [2.75, 3.05) is 11.9 Å². The Hall–Kier alpha value is -2.04. The molecule has 0 saturated carbocycles. The second-order valence-electron chi connectivity index (χ2n) is 4.39. The van der Waals surface area contributed by atoms with Gasteiger partial charge in [-0.25, -0.2) is 4.98 Å². The molecule has 0 atom stereocenters. The largest absolute Gasteiger partial charge is 0.484 e. The molecule has 2 rings (SSSR count). The van der Waals surface area contributed by atoms with Crippen LogP contribution in [0.3, 0.4) is 0 Å². The highest BCUT2D eigenvalue weighted by Crippen LogP contribution is 2.30. The summed E-state index contributed by atoms with van der Waals surface area (Å²) in [5.41, 5.74) is 0.316. The lowest BCUT2D eigenvalue weighted by atomic mass is 10.3. The minimum Gasteiger partial charge on any atom is -0.484 e. The first-order valence-electron chi connectivity index (χ1n) is 5.98. The van der Waals surface area contributed by atoms with Crippen LogP contribution in [0.2, 0.25) is 0 Å². The molecule has 1 N–H and O–H groups in total. The molecule has 1 amide bonds. The number of rotatable bonds is 4. The average Bonchev–Trinajstić information content (AvgIpc) is 2.74. The third kappa shape index (κ3) is 5.58. The molecule has 126 valence electrons. The van der Waals surface area contributed by atoms with Crippen LogP contribution in [-0.4, -0.2) is 29.9 Å². The Bertz CT molecular complexity index is 710. The van der Waals surface area contributed by atoms with Crippen LogP contribution in [0.4, 0.5) is 31.5 Å². The number of carbonyl (C=O) groups is 1. The van der Waals surface area contributed by atoms with Crippen LogP contribution in [0.1, 0.15) is 6.42 Å². The van der Waals surface area contributed by atoms with Crippen molar-refractivity contribution in [3.8, 4) is 5.75 Å². The first-order valence-corrected chi connectivity index (χ1v) is 6.80. The van der Waals surface area contributed by atoms with Crippen LogP contribution in [0.15, 0.2) is 18.2 Å².